The van der Waals surface area contributed by atoms with E-state index in [-0.39, 0.29) is 11.9 Å². The largest absolute Gasteiger partial charge is 0.388 e. The topological polar surface area (TPSA) is 81.7 Å². The van der Waals surface area contributed by atoms with Crippen molar-refractivity contribution >= 4 is 23.3 Å². The van der Waals surface area contributed by atoms with Gasteiger partial charge in [0.05, 0.1) is 17.7 Å². The van der Waals surface area contributed by atoms with Crippen LogP contribution < -0.4 is 10.6 Å². The zero-order chi connectivity index (χ0) is 22.6. The number of likely N-dealkylation sites (tertiary alicyclic amines) is 1. The number of nitrogens with one attached hydrogen (secondary N) is 2. The van der Waals surface area contributed by atoms with Crippen molar-refractivity contribution in [3.05, 3.63) is 94.2 Å². The Morgan fingerprint density at radius 3 is 2.41 bits per heavy atom. The second-order valence-corrected chi connectivity index (χ2v) is 9.20. The van der Waals surface area contributed by atoms with Crippen molar-refractivity contribution in [3.8, 4) is 0 Å². The summed E-state index contributed by atoms with van der Waals surface area (Å²) in [4.78, 5) is 28.8. The first-order chi connectivity index (χ1) is 15.5. The van der Waals surface area contributed by atoms with Crippen molar-refractivity contribution < 1.29 is 14.7 Å². The summed E-state index contributed by atoms with van der Waals surface area (Å²) in [5.74, 6) is -0.274. The predicted octanol–water partition coefficient (Wildman–Crippen LogP) is 3.95. The molecule has 3 atom stereocenters. The van der Waals surface area contributed by atoms with E-state index in [1.807, 2.05) is 53.9 Å². The maximum absolute atomic E-state index is 13.2. The standard InChI is InChI=1S/C25H27N3O3S/c1-25(31)14-15-28(24(30)26-17-18-9-4-2-5-10-18)21(20-13-8-16-32-20)22(25)27-23(29)19-11-6-3-7-12-19/h2-13,16,21-22,31H,14-15,17H2,1H3,(H,26,30)(H,27,29). The maximum Gasteiger partial charge on any atom is 0.318 e. The molecule has 1 saturated heterocycles. The second-order valence-electron chi connectivity index (χ2n) is 8.22. The van der Waals surface area contributed by atoms with Crippen LogP contribution in [0.4, 0.5) is 4.79 Å². The number of amides is 3. The summed E-state index contributed by atoms with van der Waals surface area (Å²) in [6, 6.07) is 21.1. The van der Waals surface area contributed by atoms with Gasteiger partial charge in [0.15, 0.2) is 0 Å². The third kappa shape index (κ3) is 4.84. The summed E-state index contributed by atoms with van der Waals surface area (Å²) in [6.07, 6.45) is 0.355. The van der Waals surface area contributed by atoms with Crippen molar-refractivity contribution in [3.63, 3.8) is 0 Å². The van der Waals surface area contributed by atoms with Gasteiger partial charge in [-0.1, -0.05) is 54.6 Å². The minimum absolute atomic E-state index is 0.221. The highest BCUT2D eigenvalue weighted by atomic mass is 32.1. The average molecular weight is 450 g/mol. The molecule has 0 aliphatic carbocycles. The molecule has 1 aromatic heterocycles. The van der Waals surface area contributed by atoms with E-state index in [2.05, 4.69) is 10.6 Å². The zero-order valence-electron chi connectivity index (χ0n) is 17.9. The van der Waals surface area contributed by atoms with E-state index in [1.54, 1.807) is 36.1 Å². The summed E-state index contributed by atoms with van der Waals surface area (Å²) in [5, 5.41) is 19.2. The van der Waals surface area contributed by atoms with E-state index in [4.69, 9.17) is 0 Å². The number of rotatable bonds is 5. The minimum atomic E-state index is -1.17. The molecule has 1 aliphatic rings. The van der Waals surface area contributed by atoms with Crippen molar-refractivity contribution in [2.75, 3.05) is 6.54 Å². The van der Waals surface area contributed by atoms with E-state index in [0.29, 0.717) is 25.1 Å². The molecule has 0 radical (unpaired) electrons. The van der Waals surface area contributed by atoms with E-state index < -0.39 is 17.7 Å². The lowest BCUT2D eigenvalue weighted by atomic mass is 9.81. The molecule has 3 amide bonds. The first-order valence-electron chi connectivity index (χ1n) is 10.7. The lowest BCUT2D eigenvalue weighted by molar-refractivity contribution is -0.0504. The third-order valence-electron chi connectivity index (χ3n) is 5.89. The summed E-state index contributed by atoms with van der Waals surface area (Å²) >= 11 is 1.51. The number of thiophene rings is 1. The third-order valence-corrected chi connectivity index (χ3v) is 6.83. The van der Waals surface area contributed by atoms with Crippen molar-refractivity contribution in [2.24, 2.45) is 0 Å². The summed E-state index contributed by atoms with van der Waals surface area (Å²) in [5.41, 5.74) is 0.348. The van der Waals surface area contributed by atoms with Gasteiger partial charge in [-0.15, -0.1) is 11.3 Å². The Morgan fingerprint density at radius 2 is 1.75 bits per heavy atom. The van der Waals surface area contributed by atoms with Crippen LogP contribution in [0, 0.1) is 0 Å². The number of urea groups is 1. The van der Waals surface area contributed by atoms with Gasteiger partial charge >= 0.3 is 6.03 Å². The molecular formula is C25H27N3O3S. The Balaban J connectivity index is 1.59. The Labute approximate surface area is 191 Å². The van der Waals surface area contributed by atoms with Crippen molar-refractivity contribution in [1.82, 2.24) is 15.5 Å². The second kappa shape index (κ2) is 9.54. The van der Waals surface area contributed by atoms with Gasteiger partial charge in [0.25, 0.3) is 5.91 Å². The molecule has 3 unspecified atom stereocenters. The Hall–Kier alpha value is -3.16. The fraction of sp³-hybridized carbons (Fsp3) is 0.280. The van der Waals surface area contributed by atoms with Crippen LogP contribution in [-0.2, 0) is 6.54 Å². The molecule has 2 aromatic carbocycles. The highest BCUT2D eigenvalue weighted by Crippen LogP contribution is 2.39. The average Bonchev–Trinajstić information content (AvgIpc) is 3.34. The van der Waals surface area contributed by atoms with Gasteiger partial charge in [-0.25, -0.2) is 4.79 Å². The fourth-order valence-corrected chi connectivity index (χ4v) is 4.96. The Bertz CT molecular complexity index is 1040. The van der Waals surface area contributed by atoms with Gasteiger partial charge in [-0.2, -0.15) is 0 Å². The fourth-order valence-electron chi connectivity index (χ4n) is 4.09. The molecule has 3 N–H and O–H groups in total. The molecule has 166 valence electrons. The van der Waals surface area contributed by atoms with E-state index >= 15 is 0 Å². The van der Waals surface area contributed by atoms with Gasteiger partial charge in [0.2, 0.25) is 0 Å². The van der Waals surface area contributed by atoms with E-state index in [1.165, 1.54) is 11.3 Å². The summed E-state index contributed by atoms with van der Waals surface area (Å²) < 4.78 is 0. The molecule has 4 rings (SSSR count). The molecule has 0 saturated carbocycles. The molecule has 0 spiro atoms. The predicted molar refractivity (Wildman–Crippen MR) is 125 cm³/mol. The molecule has 32 heavy (non-hydrogen) atoms. The molecule has 6 nitrogen and oxygen atoms in total. The van der Waals surface area contributed by atoms with Crippen molar-refractivity contribution in [1.29, 1.82) is 0 Å². The number of piperidine rings is 1. The number of carbonyl (C=O) groups is 2. The number of benzene rings is 2. The van der Waals surface area contributed by atoms with Gasteiger partial charge in [-0.3, -0.25) is 4.79 Å². The number of nitrogens with zero attached hydrogens (tertiary/aromatic N) is 1. The quantitative estimate of drug-likeness (QED) is 0.552. The molecule has 3 aromatic rings. The van der Waals surface area contributed by atoms with E-state index in [9.17, 15) is 14.7 Å². The zero-order valence-corrected chi connectivity index (χ0v) is 18.7. The first kappa shape index (κ1) is 22.0. The molecule has 7 heteroatoms. The summed E-state index contributed by atoms with van der Waals surface area (Å²) in [6.45, 7) is 2.52. The summed E-state index contributed by atoms with van der Waals surface area (Å²) in [7, 11) is 0. The lowest BCUT2D eigenvalue weighted by Crippen LogP contribution is -2.64. The first-order valence-corrected chi connectivity index (χ1v) is 11.5. The van der Waals surface area contributed by atoms with Crippen LogP contribution in [0.2, 0.25) is 0 Å². The SMILES string of the molecule is CC1(O)CCN(C(=O)NCc2ccccc2)C(c2cccs2)C1NC(=O)c1ccccc1. The van der Waals surface area contributed by atoms with Gasteiger partial charge in [-0.05, 0) is 42.5 Å². The number of carbonyl (C=O) groups excluding carboxylic acids is 2. The maximum atomic E-state index is 13.2. The number of aliphatic hydroxyl groups is 1. The highest BCUT2D eigenvalue weighted by Gasteiger charge is 2.48. The van der Waals surface area contributed by atoms with E-state index in [0.717, 1.165) is 10.4 Å². The number of hydrogen-bond acceptors (Lipinski definition) is 4. The molecule has 0 bridgehead atoms. The normalized spacial score (nSPS) is 22.9. The number of hydrogen-bond donors (Lipinski definition) is 3. The van der Waals surface area contributed by atoms with Crippen LogP contribution in [0.25, 0.3) is 0 Å². The molecule has 2 heterocycles. The van der Waals surface area contributed by atoms with Crippen molar-refractivity contribution in [2.45, 2.75) is 37.6 Å². The van der Waals surface area contributed by atoms with Crippen LogP contribution in [-0.4, -0.2) is 40.1 Å². The lowest BCUT2D eigenvalue weighted by Gasteiger charge is -2.48. The smallest absolute Gasteiger partial charge is 0.318 e. The van der Waals surface area contributed by atoms with Gasteiger partial charge in [0.1, 0.15) is 0 Å². The van der Waals surface area contributed by atoms with Crippen LogP contribution >= 0.6 is 11.3 Å². The van der Waals surface area contributed by atoms with Crippen LogP contribution in [0.3, 0.4) is 0 Å². The highest BCUT2D eigenvalue weighted by molar-refractivity contribution is 7.10. The van der Waals surface area contributed by atoms with Crippen LogP contribution in [0.1, 0.15) is 40.2 Å². The van der Waals surface area contributed by atoms with Crippen LogP contribution in [0.15, 0.2) is 78.2 Å². The Kier molecular flexibility index (Phi) is 6.58. The van der Waals surface area contributed by atoms with Gasteiger partial charge < -0.3 is 20.6 Å². The molecule has 1 fully saturated rings. The Morgan fingerprint density at radius 1 is 1.06 bits per heavy atom. The molecular weight excluding hydrogens is 422 g/mol. The molecule has 1 aliphatic heterocycles. The minimum Gasteiger partial charge on any atom is -0.388 e. The van der Waals surface area contributed by atoms with Crippen LogP contribution in [0.5, 0.6) is 0 Å². The monoisotopic (exact) mass is 449 g/mol. The van der Waals surface area contributed by atoms with Gasteiger partial charge in [0, 0.05) is 23.5 Å².